The second-order valence-corrected chi connectivity index (χ2v) is 4.66. The lowest BCUT2D eigenvalue weighted by molar-refractivity contribution is -0.385. The molecule has 0 fully saturated rings. The van der Waals surface area contributed by atoms with Gasteiger partial charge in [-0.1, -0.05) is 13.8 Å². The van der Waals surface area contributed by atoms with Crippen molar-refractivity contribution in [1.82, 2.24) is 4.90 Å². The lowest BCUT2D eigenvalue weighted by atomic mass is 10.1. The highest BCUT2D eigenvalue weighted by atomic mass is 16.6. The number of carbonyl (C=O) groups is 1. The zero-order valence-corrected chi connectivity index (χ0v) is 12.3. The first-order valence-electron chi connectivity index (χ1n) is 6.97. The molecule has 1 rings (SSSR count). The Morgan fingerprint density at radius 2 is 2.10 bits per heavy atom. The van der Waals surface area contributed by atoms with E-state index in [1.807, 2.05) is 0 Å². The molecule has 0 saturated carbocycles. The standard InChI is InChI=1S/C14H21N3O4/c1-3-8-16(4-2)9-7-15-11-5-6-12(14(18)19)13(10-11)17(20)21/h5-6,10,15H,3-4,7-9H2,1-2H3,(H,18,19). The summed E-state index contributed by atoms with van der Waals surface area (Å²) in [6.07, 6.45) is 1.08. The molecule has 7 nitrogen and oxygen atoms in total. The normalized spacial score (nSPS) is 10.6. The van der Waals surface area contributed by atoms with Crippen LogP contribution < -0.4 is 5.32 Å². The van der Waals surface area contributed by atoms with Gasteiger partial charge in [-0.3, -0.25) is 10.1 Å². The molecule has 116 valence electrons. The third-order valence-electron chi connectivity index (χ3n) is 3.17. The number of benzene rings is 1. The molecule has 0 unspecified atom stereocenters. The second kappa shape index (κ2) is 8.21. The maximum Gasteiger partial charge on any atom is 0.342 e. The van der Waals surface area contributed by atoms with Crippen LogP contribution in [-0.2, 0) is 0 Å². The molecule has 0 atom stereocenters. The summed E-state index contributed by atoms with van der Waals surface area (Å²) >= 11 is 0. The minimum Gasteiger partial charge on any atom is -0.477 e. The molecule has 1 aromatic carbocycles. The second-order valence-electron chi connectivity index (χ2n) is 4.66. The van der Waals surface area contributed by atoms with Gasteiger partial charge in [-0.15, -0.1) is 0 Å². The maximum absolute atomic E-state index is 10.9. The van der Waals surface area contributed by atoms with Crippen molar-refractivity contribution in [3.63, 3.8) is 0 Å². The molecule has 0 aliphatic carbocycles. The minimum atomic E-state index is -1.30. The first-order chi connectivity index (χ1) is 9.99. The number of hydrogen-bond acceptors (Lipinski definition) is 5. The number of nitrogens with one attached hydrogen (secondary N) is 1. The van der Waals surface area contributed by atoms with Crippen LogP contribution in [-0.4, -0.2) is 47.1 Å². The number of nitro groups is 1. The van der Waals surface area contributed by atoms with E-state index < -0.39 is 16.6 Å². The van der Waals surface area contributed by atoms with E-state index in [-0.39, 0.29) is 5.56 Å². The number of hydrogen-bond donors (Lipinski definition) is 2. The molecular weight excluding hydrogens is 274 g/mol. The number of nitro benzene ring substituents is 1. The number of anilines is 1. The lowest BCUT2D eigenvalue weighted by Gasteiger charge is -2.19. The number of rotatable bonds is 9. The number of carboxylic acid groups (broad SMARTS) is 1. The molecule has 0 saturated heterocycles. The van der Waals surface area contributed by atoms with E-state index in [0.717, 1.165) is 26.1 Å². The molecule has 0 spiro atoms. The van der Waals surface area contributed by atoms with Crippen LogP contribution in [0.4, 0.5) is 11.4 Å². The summed E-state index contributed by atoms with van der Waals surface area (Å²) in [5.74, 6) is -1.30. The zero-order valence-electron chi connectivity index (χ0n) is 12.3. The third-order valence-corrected chi connectivity index (χ3v) is 3.17. The summed E-state index contributed by atoms with van der Waals surface area (Å²) in [6, 6.07) is 4.07. The third kappa shape index (κ3) is 5.03. The average Bonchev–Trinajstić information content (AvgIpc) is 2.45. The van der Waals surface area contributed by atoms with Crippen LogP contribution in [0, 0.1) is 10.1 Å². The van der Waals surface area contributed by atoms with Crippen molar-refractivity contribution in [2.75, 3.05) is 31.5 Å². The highest BCUT2D eigenvalue weighted by molar-refractivity contribution is 5.93. The van der Waals surface area contributed by atoms with Gasteiger partial charge >= 0.3 is 5.97 Å². The zero-order chi connectivity index (χ0) is 15.8. The van der Waals surface area contributed by atoms with Crippen LogP contribution in [0.15, 0.2) is 18.2 Å². The van der Waals surface area contributed by atoms with Gasteiger partial charge in [-0.25, -0.2) is 4.79 Å². The van der Waals surface area contributed by atoms with Crippen LogP contribution in [0.1, 0.15) is 30.6 Å². The molecule has 21 heavy (non-hydrogen) atoms. The summed E-state index contributed by atoms with van der Waals surface area (Å²) in [6.45, 7) is 7.65. The Kier molecular flexibility index (Phi) is 6.61. The van der Waals surface area contributed by atoms with Crippen LogP contribution >= 0.6 is 0 Å². The molecular formula is C14H21N3O4. The van der Waals surface area contributed by atoms with Gasteiger partial charge < -0.3 is 15.3 Å². The smallest absolute Gasteiger partial charge is 0.342 e. The van der Waals surface area contributed by atoms with E-state index in [4.69, 9.17) is 5.11 Å². The van der Waals surface area contributed by atoms with Crippen molar-refractivity contribution in [3.05, 3.63) is 33.9 Å². The average molecular weight is 295 g/mol. The van der Waals surface area contributed by atoms with Gasteiger partial charge in [-0.2, -0.15) is 0 Å². The van der Waals surface area contributed by atoms with Crippen LogP contribution in [0.25, 0.3) is 0 Å². The number of aromatic carboxylic acids is 1. The Bertz CT molecular complexity index is 505. The Morgan fingerprint density at radius 1 is 1.38 bits per heavy atom. The Morgan fingerprint density at radius 3 is 2.62 bits per heavy atom. The van der Waals surface area contributed by atoms with Crippen LogP contribution in [0.2, 0.25) is 0 Å². The summed E-state index contributed by atoms with van der Waals surface area (Å²) in [5.41, 5.74) is -0.139. The first kappa shape index (κ1) is 16.9. The fourth-order valence-electron chi connectivity index (χ4n) is 2.08. The molecule has 1 aromatic rings. The number of likely N-dealkylation sites (N-methyl/N-ethyl adjacent to an activating group) is 1. The molecule has 0 aliphatic rings. The van der Waals surface area contributed by atoms with E-state index in [1.54, 1.807) is 6.07 Å². The van der Waals surface area contributed by atoms with E-state index in [0.29, 0.717) is 12.2 Å². The molecule has 0 aliphatic heterocycles. The summed E-state index contributed by atoms with van der Waals surface area (Å²) < 4.78 is 0. The van der Waals surface area contributed by atoms with Crippen molar-refractivity contribution >= 4 is 17.3 Å². The van der Waals surface area contributed by atoms with Crippen molar-refractivity contribution in [3.8, 4) is 0 Å². The first-order valence-corrected chi connectivity index (χ1v) is 6.97. The molecule has 0 radical (unpaired) electrons. The Balaban J connectivity index is 2.70. The summed E-state index contributed by atoms with van der Waals surface area (Å²) in [7, 11) is 0. The predicted octanol–water partition coefficient (Wildman–Crippen LogP) is 2.44. The Labute approximate surface area is 123 Å². The molecule has 0 bridgehead atoms. The fraction of sp³-hybridized carbons (Fsp3) is 0.500. The van der Waals surface area contributed by atoms with E-state index in [9.17, 15) is 14.9 Å². The fourth-order valence-corrected chi connectivity index (χ4v) is 2.08. The van der Waals surface area contributed by atoms with Gasteiger partial charge in [-0.05, 0) is 31.6 Å². The van der Waals surface area contributed by atoms with Crippen LogP contribution in [0.5, 0.6) is 0 Å². The highest BCUT2D eigenvalue weighted by Crippen LogP contribution is 2.23. The predicted molar refractivity (Wildman–Crippen MR) is 81.0 cm³/mol. The van der Waals surface area contributed by atoms with Gasteiger partial charge in [0.15, 0.2) is 0 Å². The monoisotopic (exact) mass is 295 g/mol. The number of nitrogens with zero attached hydrogens (tertiary/aromatic N) is 2. The van der Waals surface area contributed by atoms with Gasteiger partial charge in [0.05, 0.1) is 4.92 Å². The van der Waals surface area contributed by atoms with Crippen molar-refractivity contribution in [1.29, 1.82) is 0 Å². The largest absolute Gasteiger partial charge is 0.477 e. The lowest BCUT2D eigenvalue weighted by Crippen LogP contribution is -2.29. The maximum atomic E-state index is 10.9. The van der Waals surface area contributed by atoms with Crippen molar-refractivity contribution < 1.29 is 14.8 Å². The SMILES string of the molecule is CCCN(CC)CCNc1ccc(C(=O)O)c([N+](=O)[O-])c1. The van der Waals surface area contributed by atoms with Gasteiger partial charge in [0, 0.05) is 24.8 Å². The van der Waals surface area contributed by atoms with E-state index >= 15 is 0 Å². The molecule has 0 amide bonds. The molecule has 0 aromatic heterocycles. The topological polar surface area (TPSA) is 95.7 Å². The van der Waals surface area contributed by atoms with E-state index in [1.165, 1.54) is 12.1 Å². The van der Waals surface area contributed by atoms with Gasteiger partial charge in [0.1, 0.15) is 5.56 Å². The highest BCUT2D eigenvalue weighted by Gasteiger charge is 2.19. The summed E-state index contributed by atoms with van der Waals surface area (Å²) in [5, 5.41) is 22.9. The minimum absolute atomic E-state index is 0.299. The molecule has 0 heterocycles. The van der Waals surface area contributed by atoms with Gasteiger partial charge in [0.25, 0.3) is 5.69 Å². The van der Waals surface area contributed by atoms with E-state index in [2.05, 4.69) is 24.1 Å². The summed E-state index contributed by atoms with van der Waals surface area (Å²) in [4.78, 5) is 23.4. The Hall–Kier alpha value is -2.15. The molecule has 7 heteroatoms. The molecule has 2 N–H and O–H groups in total. The quantitative estimate of drug-likeness (QED) is 0.536. The van der Waals surface area contributed by atoms with Gasteiger partial charge in [0.2, 0.25) is 0 Å². The van der Waals surface area contributed by atoms with Crippen molar-refractivity contribution in [2.24, 2.45) is 0 Å². The van der Waals surface area contributed by atoms with Crippen molar-refractivity contribution in [2.45, 2.75) is 20.3 Å². The van der Waals surface area contributed by atoms with Crippen LogP contribution in [0.3, 0.4) is 0 Å². The number of carboxylic acids is 1.